The van der Waals surface area contributed by atoms with Crippen molar-refractivity contribution in [2.24, 2.45) is 11.8 Å². The molecule has 0 bridgehead atoms. The number of carbonyl (C=O) groups excluding carboxylic acids is 2. The van der Waals surface area contributed by atoms with Crippen LogP contribution in [0.1, 0.15) is 141 Å². The summed E-state index contributed by atoms with van der Waals surface area (Å²) < 4.78 is 10.6. The molecule has 0 atom stereocenters. The van der Waals surface area contributed by atoms with Crippen molar-refractivity contribution in [3.8, 4) is 11.5 Å². The lowest BCUT2D eigenvalue weighted by Crippen LogP contribution is -2.25. The summed E-state index contributed by atoms with van der Waals surface area (Å²) >= 11 is 0. The third kappa shape index (κ3) is 15.8. The molecule has 0 radical (unpaired) electrons. The Balaban J connectivity index is 0.000000791. The minimum atomic E-state index is -0.109. The van der Waals surface area contributed by atoms with E-state index in [1.54, 1.807) is 31.4 Å². The van der Waals surface area contributed by atoms with Crippen LogP contribution >= 0.6 is 0 Å². The van der Waals surface area contributed by atoms with Crippen molar-refractivity contribution < 1.29 is 19.1 Å². The fraction of sp³-hybridized carbons (Fsp3) is 0.535. The number of hydrogen-bond acceptors (Lipinski definition) is 4. The summed E-state index contributed by atoms with van der Waals surface area (Å²) in [4.78, 5) is 23.0. The van der Waals surface area contributed by atoms with Crippen LogP contribution in [-0.2, 0) is 9.59 Å². The molecule has 0 unspecified atom stereocenters. The van der Waals surface area contributed by atoms with Crippen molar-refractivity contribution >= 4 is 12.3 Å². The maximum Gasteiger partial charge on any atom is 0.314 e. The summed E-state index contributed by atoms with van der Waals surface area (Å²) in [5, 5.41) is 0. The first-order valence-corrected chi connectivity index (χ1v) is 18.4. The molecule has 0 heterocycles. The predicted molar refractivity (Wildman–Crippen MR) is 202 cm³/mol. The lowest BCUT2D eigenvalue weighted by molar-refractivity contribution is -0.140. The van der Waals surface area contributed by atoms with E-state index >= 15 is 0 Å². The summed E-state index contributed by atoms with van der Waals surface area (Å²) in [5.41, 5.74) is 5.45. The van der Waals surface area contributed by atoms with Crippen LogP contribution in [0.25, 0.3) is 0 Å². The van der Waals surface area contributed by atoms with Gasteiger partial charge in [0, 0.05) is 5.92 Å². The molecule has 4 nitrogen and oxygen atoms in total. The average Bonchev–Trinajstić information content (AvgIpc) is 3.16. The second-order valence-electron chi connectivity index (χ2n) is 11.2. The smallest absolute Gasteiger partial charge is 0.314 e. The molecule has 2 aliphatic carbocycles. The van der Waals surface area contributed by atoms with Crippen molar-refractivity contribution in [3.05, 3.63) is 95.1 Å². The van der Waals surface area contributed by atoms with E-state index in [2.05, 4.69) is 62.4 Å². The minimum absolute atomic E-state index is 0.00815. The Morgan fingerprint density at radius 1 is 0.553 bits per heavy atom. The lowest BCUT2D eigenvalue weighted by atomic mass is 9.78. The molecule has 4 heteroatoms. The first-order chi connectivity index (χ1) is 22.9. The Kier molecular flexibility index (Phi) is 24.7. The Bertz CT molecular complexity index is 1170. The predicted octanol–water partition coefficient (Wildman–Crippen LogP) is 12.5. The number of hydrogen-bond donors (Lipinski definition) is 0. The number of aryl methyl sites for hydroxylation is 2. The molecular weight excluding hydrogens is 580 g/mol. The number of ether oxygens (including phenoxy) is 2. The van der Waals surface area contributed by atoms with Gasteiger partial charge in [-0.15, -0.1) is 0 Å². The third-order valence-electron chi connectivity index (χ3n) is 8.40. The van der Waals surface area contributed by atoms with Gasteiger partial charge in [0.2, 0.25) is 0 Å². The molecular formula is C43H66O4. The zero-order chi connectivity index (χ0) is 35.6. The standard InChI is InChI=1S/C21H24O3.C14H18O.4C2H6/c1-15-3-5-16(6-4-15)17-7-9-18(10-8-17)21(22)24-20-13-11-19(23-2)12-14-20;1-11-2-6-13(7-3-11)14-8-4-12(10-15)5-9-14;4*1-2/h3-6,11-14,17-18H,7-10H2,1-2H3;2-3,6-7,10,12,14H,4-5,8-9H2,1H3;4*1-2H3. The van der Waals surface area contributed by atoms with Crippen LogP contribution < -0.4 is 9.47 Å². The lowest BCUT2D eigenvalue weighted by Gasteiger charge is -2.27. The Labute approximate surface area is 288 Å². The molecule has 0 aliphatic heterocycles. The molecule has 0 saturated heterocycles. The van der Waals surface area contributed by atoms with Gasteiger partial charge in [-0.3, -0.25) is 4.79 Å². The quantitative estimate of drug-likeness (QED) is 0.152. The maximum absolute atomic E-state index is 12.4. The molecule has 47 heavy (non-hydrogen) atoms. The SMILES string of the molecule is CC.CC.CC.CC.COc1ccc(OC(=O)C2CCC(c3ccc(C)cc3)CC2)cc1.Cc1ccc(C2CCC(C=O)CC2)cc1. The largest absolute Gasteiger partial charge is 0.497 e. The van der Waals surface area contributed by atoms with Crippen molar-refractivity contribution in [2.45, 2.75) is 132 Å². The summed E-state index contributed by atoms with van der Waals surface area (Å²) in [7, 11) is 1.62. The van der Waals surface area contributed by atoms with E-state index < -0.39 is 0 Å². The van der Waals surface area contributed by atoms with Gasteiger partial charge in [-0.1, -0.05) is 115 Å². The van der Waals surface area contributed by atoms with Gasteiger partial charge in [0.05, 0.1) is 13.0 Å². The number of aldehydes is 1. The summed E-state index contributed by atoms with van der Waals surface area (Å²) in [6.07, 6.45) is 9.51. The molecule has 3 aromatic carbocycles. The van der Waals surface area contributed by atoms with Crippen LogP contribution in [-0.4, -0.2) is 19.4 Å². The number of rotatable bonds is 6. The maximum atomic E-state index is 12.4. The zero-order valence-electron chi connectivity index (χ0n) is 31.6. The molecule has 0 amide bonds. The molecule has 5 rings (SSSR count). The van der Waals surface area contributed by atoms with Crippen LogP contribution in [0.4, 0.5) is 0 Å². The minimum Gasteiger partial charge on any atom is -0.497 e. The van der Waals surface area contributed by atoms with Crippen LogP contribution in [0.15, 0.2) is 72.8 Å². The van der Waals surface area contributed by atoms with Crippen molar-refractivity contribution in [3.63, 3.8) is 0 Å². The summed E-state index contributed by atoms with van der Waals surface area (Å²) in [6.45, 7) is 20.2. The van der Waals surface area contributed by atoms with E-state index in [4.69, 9.17) is 9.47 Å². The highest BCUT2D eigenvalue weighted by Crippen LogP contribution is 2.37. The Morgan fingerprint density at radius 2 is 0.915 bits per heavy atom. The van der Waals surface area contributed by atoms with Gasteiger partial charge < -0.3 is 14.3 Å². The number of carbonyl (C=O) groups is 2. The first kappa shape index (κ1) is 43.6. The van der Waals surface area contributed by atoms with E-state index in [0.717, 1.165) is 50.6 Å². The highest BCUT2D eigenvalue weighted by Gasteiger charge is 2.28. The summed E-state index contributed by atoms with van der Waals surface area (Å²) in [6, 6.07) is 24.8. The third-order valence-corrected chi connectivity index (χ3v) is 8.40. The Morgan fingerprint density at radius 3 is 1.28 bits per heavy atom. The second-order valence-corrected chi connectivity index (χ2v) is 11.2. The topological polar surface area (TPSA) is 52.6 Å². The van der Waals surface area contributed by atoms with Crippen LogP contribution in [0, 0.1) is 25.7 Å². The highest BCUT2D eigenvalue weighted by atomic mass is 16.5. The van der Waals surface area contributed by atoms with E-state index in [1.807, 2.05) is 55.4 Å². The molecule has 0 spiro atoms. The van der Waals surface area contributed by atoms with Gasteiger partial charge in [0.15, 0.2) is 0 Å². The molecule has 2 aliphatic rings. The van der Waals surface area contributed by atoms with Crippen molar-refractivity contribution in [1.29, 1.82) is 0 Å². The molecule has 2 saturated carbocycles. The fourth-order valence-electron chi connectivity index (χ4n) is 5.77. The van der Waals surface area contributed by atoms with Crippen LogP contribution in [0.2, 0.25) is 0 Å². The van der Waals surface area contributed by atoms with Crippen LogP contribution in [0.3, 0.4) is 0 Å². The van der Waals surface area contributed by atoms with Gasteiger partial charge in [-0.2, -0.15) is 0 Å². The first-order valence-electron chi connectivity index (χ1n) is 18.4. The molecule has 2 fully saturated rings. The number of benzene rings is 3. The average molecular weight is 647 g/mol. The number of esters is 1. The van der Waals surface area contributed by atoms with Crippen molar-refractivity contribution in [1.82, 2.24) is 0 Å². The van der Waals surface area contributed by atoms with E-state index in [1.165, 1.54) is 35.1 Å². The fourth-order valence-corrected chi connectivity index (χ4v) is 5.77. The molecule has 3 aromatic rings. The van der Waals surface area contributed by atoms with E-state index in [-0.39, 0.29) is 11.9 Å². The normalized spacial score (nSPS) is 19.3. The Hall–Kier alpha value is -3.40. The molecule has 262 valence electrons. The van der Waals surface area contributed by atoms with Gasteiger partial charge in [0.1, 0.15) is 17.8 Å². The van der Waals surface area contributed by atoms with Gasteiger partial charge >= 0.3 is 5.97 Å². The van der Waals surface area contributed by atoms with E-state index in [9.17, 15) is 9.59 Å². The molecule has 0 N–H and O–H groups in total. The van der Waals surface area contributed by atoms with E-state index in [0.29, 0.717) is 23.5 Å². The van der Waals surface area contributed by atoms with Gasteiger partial charge in [-0.05, 0) is 112 Å². The monoisotopic (exact) mass is 646 g/mol. The van der Waals surface area contributed by atoms with Crippen LogP contribution in [0.5, 0.6) is 11.5 Å². The molecule has 0 aromatic heterocycles. The van der Waals surface area contributed by atoms with Gasteiger partial charge in [-0.25, -0.2) is 0 Å². The number of methoxy groups -OCH3 is 1. The summed E-state index contributed by atoms with van der Waals surface area (Å²) in [5.74, 6) is 2.82. The zero-order valence-corrected chi connectivity index (χ0v) is 31.6. The van der Waals surface area contributed by atoms with Gasteiger partial charge in [0.25, 0.3) is 0 Å². The second kappa shape index (κ2) is 26.6. The highest BCUT2D eigenvalue weighted by molar-refractivity contribution is 5.75. The van der Waals surface area contributed by atoms with Crippen molar-refractivity contribution in [2.75, 3.05) is 7.11 Å².